The molecule has 0 aliphatic carbocycles. The summed E-state index contributed by atoms with van der Waals surface area (Å²) < 4.78 is 33.9. The normalized spacial score (nSPS) is 12.5. The molecular weight excluding hydrogens is 506 g/mol. The van der Waals surface area contributed by atoms with Crippen LogP contribution in [0.3, 0.4) is 0 Å². The predicted molar refractivity (Wildman–Crippen MR) is 145 cm³/mol. The fraction of sp³-hybridized carbons (Fsp3) is 0.520. The van der Waals surface area contributed by atoms with Crippen LogP contribution < -0.4 is 9.04 Å². The van der Waals surface area contributed by atoms with E-state index < -0.39 is 21.1 Å². The van der Waals surface area contributed by atoms with Crippen molar-refractivity contribution in [3.8, 4) is 5.75 Å². The van der Waals surface area contributed by atoms with Crippen LogP contribution in [0.4, 0.5) is 11.4 Å². The first-order valence-corrected chi connectivity index (χ1v) is 13.1. The second-order valence-corrected chi connectivity index (χ2v) is 11.5. The molecule has 0 spiro atoms. The number of nitro benzene ring substituents is 1. The number of nitro groups is 1. The van der Waals surface area contributed by atoms with Crippen LogP contribution in [-0.4, -0.2) is 62.7 Å². The minimum Gasteiger partial charge on any atom is -0.495 e. The Morgan fingerprint density at radius 2 is 1.53 bits per heavy atom. The minimum absolute atomic E-state index is 0. The van der Waals surface area contributed by atoms with Crippen molar-refractivity contribution in [1.82, 2.24) is 4.90 Å². The summed E-state index contributed by atoms with van der Waals surface area (Å²) in [4.78, 5) is 13.0. The molecule has 0 saturated carbocycles. The van der Waals surface area contributed by atoms with Crippen molar-refractivity contribution in [2.75, 3.05) is 37.6 Å². The smallest absolute Gasteiger partial charge is 0.271 e. The number of sulfonamides is 1. The lowest BCUT2D eigenvalue weighted by Gasteiger charge is -2.32. The van der Waals surface area contributed by atoms with Crippen molar-refractivity contribution >= 4 is 33.8 Å². The van der Waals surface area contributed by atoms with E-state index in [2.05, 4.69) is 32.6 Å². The van der Waals surface area contributed by atoms with Gasteiger partial charge in [-0.2, -0.15) is 0 Å². The summed E-state index contributed by atoms with van der Waals surface area (Å²) >= 11 is 0. The molecule has 0 saturated heterocycles. The van der Waals surface area contributed by atoms with Gasteiger partial charge in [-0.05, 0) is 37.0 Å². The summed E-state index contributed by atoms with van der Waals surface area (Å²) in [5.74, 6) is 0.884. The van der Waals surface area contributed by atoms with Crippen LogP contribution in [-0.2, 0) is 10.0 Å². The van der Waals surface area contributed by atoms with Gasteiger partial charge in [0.1, 0.15) is 11.4 Å². The Morgan fingerprint density at radius 1 is 0.972 bits per heavy atom. The van der Waals surface area contributed by atoms with Crippen LogP contribution in [0.2, 0.25) is 0 Å². The molecule has 0 amide bonds. The van der Waals surface area contributed by atoms with Crippen molar-refractivity contribution in [2.24, 2.45) is 11.8 Å². The maximum Gasteiger partial charge on any atom is 0.271 e. The Morgan fingerprint density at radius 3 is 2.00 bits per heavy atom. The number of ether oxygens (including phenoxy) is 1. The van der Waals surface area contributed by atoms with Gasteiger partial charge in [0.15, 0.2) is 0 Å². The van der Waals surface area contributed by atoms with Crippen molar-refractivity contribution < 1.29 is 23.2 Å². The summed E-state index contributed by atoms with van der Waals surface area (Å²) in [6, 6.07) is 10.1. The van der Waals surface area contributed by atoms with Crippen LogP contribution in [0.15, 0.2) is 47.4 Å². The summed E-state index contributed by atoms with van der Waals surface area (Å²) in [6.07, 6.45) is -1.04. The molecule has 0 fully saturated rings. The standard InChI is InChI=1S/C25H37N3O6S.ClH/c1-18(2)14-26(15-19(3)4)16-22(29)17-27(35(32,33)23-10-7-20(5)8-11-23)24-13-21(28(30)31)9-12-25(24)34-6;/h7-13,18-19,22,29H,14-17H2,1-6H3;1H. The van der Waals surface area contributed by atoms with Crippen LogP contribution in [0.5, 0.6) is 5.75 Å². The SMILES string of the molecule is COc1ccc([N+](=O)[O-])cc1N(CC(O)CN(CC(C)C)CC(C)C)S(=O)(=O)c1ccc(C)cc1.Cl. The number of aliphatic hydroxyl groups excluding tert-OH is 1. The van der Waals surface area contributed by atoms with Gasteiger partial charge in [0.25, 0.3) is 15.7 Å². The van der Waals surface area contributed by atoms with E-state index in [1.807, 2.05) is 6.92 Å². The number of halogens is 1. The highest BCUT2D eigenvalue weighted by Gasteiger charge is 2.31. The molecule has 1 N–H and O–H groups in total. The van der Waals surface area contributed by atoms with Gasteiger partial charge in [0.05, 0.1) is 29.6 Å². The number of hydrogen-bond donors (Lipinski definition) is 1. The third-order valence-corrected chi connectivity index (χ3v) is 7.14. The number of hydrogen-bond acceptors (Lipinski definition) is 7. The molecule has 2 aromatic rings. The van der Waals surface area contributed by atoms with Crippen molar-refractivity contribution in [3.63, 3.8) is 0 Å². The molecule has 0 bridgehead atoms. The second-order valence-electron chi connectivity index (χ2n) is 9.62. The van der Waals surface area contributed by atoms with Crippen molar-refractivity contribution in [3.05, 3.63) is 58.1 Å². The van der Waals surface area contributed by atoms with E-state index in [4.69, 9.17) is 4.74 Å². The second kappa shape index (κ2) is 13.8. The molecule has 11 heteroatoms. The lowest BCUT2D eigenvalue weighted by atomic mass is 10.1. The van der Waals surface area contributed by atoms with E-state index in [1.54, 1.807) is 12.1 Å². The zero-order chi connectivity index (χ0) is 26.3. The monoisotopic (exact) mass is 543 g/mol. The summed E-state index contributed by atoms with van der Waals surface area (Å²) in [7, 11) is -2.80. The van der Waals surface area contributed by atoms with E-state index in [-0.39, 0.29) is 47.5 Å². The van der Waals surface area contributed by atoms with Crippen molar-refractivity contribution in [1.29, 1.82) is 0 Å². The maximum absolute atomic E-state index is 13.7. The topological polar surface area (TPSA) is 113 Å². The first-order valence-electron chi connectivity index (χ1n) is 11.7. The number of aliphatic hydroxyl groups is 1. The highest BCUT2D eigenvalue weighted by atomic mass is 35.5. The van der Waals surface area contributed by atoms with Gasteiger partial charge in [0, 0.05) is 31.8 Å². The molecule has 0 aromatic heterocycles. The van der Waals surface area contributed by atoms with E-state index in [0.717, 1.165) is 29.0 Å². The highest BCUT2D eigenvalue weighted by Crippen LogP contribution is 2.36. The maximum atomic E-state index is 13.7. The first kappa shape index (κ1) is 31.6. The van der Waals surface area contributed by atoms with E-state index in [0.29, 0.717) is 11.8 Å². The van der Waals surface area contributed by atoms with Gasteiger partial charge in [-0.3, -0.25) is 14.4 Å². The summed E-state index contributed by atoms with van der Waals surface area (Å²) in [5, 5.41) is 22.5. The van der Waals surface area contributed by atoms with E-state index in [9.17, 15) is 23.6 Å². The predicted octanol–water partition coefficient (Wildman–Crippen LogP) is 4.50. The quantitative estimate of drug-likeness (QED) is 0.292. The molecule has 0 aliphatic rings. The van der Waals surface area contributed by atoms with Gasteiger partial charge in [-0.1, -0.05) is 45.4 Å². The Kier molecular flexibility index (Phi) is 12.1. The largest absolute Gasteiger partial charge is 0.495 e. The number of rotatable bonds is 13. The molecule has 0 radical (unpaired) electrons. The van der Waals surface area contributed by atoms with Crippen LogP contribution in [0, 0.1) is 28.9 Å². The number of anilines is 1. The molecule has 202 valence electrons. The minimum atomic E-state index is -4.17. The Bertz CT molecular complexity index is 1080. The highest BCUT2D eigenvalue weighted by molar-refractivity contribution is 7.92. The molecule has 1 unspecified atom stereocenters. The molecule has 2 rings (SSSR count). The number of benzene rings is 2. The summed E-state index contributed by atoms with van der Waals surface area (Å²) in [5.41, 5.74) is 0.614. The average Bonchev–Trinajstić information content (AvgIpc) is 2.76. The van der Waals surface area contributed by atoms with Gasteiger partial charge in [-0.15, -0.1) is 12.4 Å². The first-order chi connectivity index (χ1) is 16.3. The zero-order valence-corrected chi connectivity index (χ0v) is 23.4. The fourth-order valence-electron chi connectivity index (χ4n) is 3.95. The van der Waals surface area contributed by atoms with Gasteiger partial charge in [0.2, 0.25) is 0 Å². The fourth-order valence-corrected chi connectivity index (χ4v) is 5.46. The lowest BCUT2D eigenvalue weighted by molar-refractivity contribution is -0.384. The molecule has 0 aliphatic heterocycles. The third-order valence-electron chi connectivity index (χ3n) is 5.34. The van der Waals surface area contributed by atoms with E-state index in [1.165, 1.54) is 31.4 Å². The Balaban J connectivity index is 0.00000648. The van der Waals surface area contributed by atoms with Crippen LogP contribution >= 0.6 is 12.4 Å². The van der Waals surface area contributed by atoms with Crippen molar-refractivity contribution in [2.45, 2.75) is 45.6 Å². The molecule has 36 heavy (non-hydrogen) atoms. The number of non-ortho nitro benzene ring substituents is 1. The molecule has 2 aromatic carbocycles. The Labute approximate surface area is 220 Å². The van der Waals surface area contributed by atoms with Crippen LogP contribution in [0.1, 0.15) is 33.3 Å². The zero-order valence-electron chi connectivity index (χ0n) is 21.7. The number of nitrogens with zero attached hydrogens (tertiary/aromatic N) is 3. The van der Waals surface area contributed by atoms with Gasteiger partial charge >= 0.3 is 0 Å². The van der Waals surface area contributed by atoms with Crippen LogP contribution in [0.25, 0.3) is 0 Å². The molecule has 9 nitrogen and oxygen atoms in total. The number of aryl methyl sites for hydroxylation is 1. The van der Waals surface area contributed by atoms with E-state index >= 15 is 0 Å². The van der Waals surface area contributed by atoms with Gasteiger partial charge < -0.3 is 14.7 Å². The number of methoxy groups -OCH3 is 1. The molecule has 0 heterocycles. The third kappa shape index (κ3) is 8.62. The van der Waals surface area contributed by atoms with Gasteiger partial charge in [-0.25, -0.2) is 8.42 Å². The summed E-state index contributed by atoms with van der Waals surface area (Å²) in [6.45, 7) is 11.7. The Hall–Kier alpha value is -2.40. The molecular formula is C25H38ClN3O6S. The molecule has 1 atom stereocenters. The average molecular weight is 544 g/mol. The lowest BCUT2D eigenvalue weighted by Crippen LogP contribution is -2.44.